The van der Waals surface area contributed by atoms with Crippen molar-refractivity contribution in [3.63, 3.8) is 0 Å². The normalized spacial score (nSPS) is 23.2. The fraction of sp³-hybridized carbons (Fsp3) is 0.571. The van der Waals surface area contributed by atoms with Gasteiger partial charge in [-0.2, -0.15) is 0 Å². The van der Waals surface area contributed by atoms with Crippen molar-refractivity contribution in [2.24, 2.45) is 4.99 Å². The molecule has 25 heavy (non-hydrogen) atoms. The molecule has 11 heteroatoms. The molecule has 0 saturated carbocycles. The van der Waals surface area contributed by atoms with E-state index < -0.39 is 38.8 Å². The van der Waals surface area contributed by atoms with Gasteiger partial charge in [-0.15, -0.1) is 11.3 Å². The van der Waals surface area contributed by atoms with Crippen molar-refractivity contribution < 1.29 is 22.3 Å². The highest BCUT2D eigenvalue weighted by Crippen LogP contribution is 2.39. The Hall–Kier alpha value is -1.20. The van der Waals surface area contributed by atoms with E-state index in [1.54, 1.807) is 20.8 Å². The second-order valence-electron chi connectivity index (χ2n) is 6.79. The first-order chi connectivity index (χ1) is 11.2. The molecule has 1 amide bonds. The first-order valence-electron chi connectivity index (χ1n) is 7.25. The maximum Gasteiger partial charge on any atom is 0.414 e. The van der Waals surface area contributed by atoms with Gasteiger partial charge in [-0.05, 0) is 49.7 Å². The van der Waals surface area contributed by atoms with E-state index in [2.05, 4.69) is 26.2 Å². The van der Waals surface area contributed by atoms with Gasteiger partial charge in [-0.25, -0.2) is 26.9 Å². The summed E-state index contributed by atoms with van der Waals surface area (Å²) in [5.74, 6) is -1.19. The molecule has 1 aliphatic heterocycles. The predicted molar refractivity (Wildman–Crippen MR) is 97.7 cm³/mol. The van der Waals surface area contributed by atoms with Gasteiger partial charge in [0.2, 0.25) is 16.0 Å². The molecule has 1 aliphatic rings. The third-order valence-corrected chi connectivity index (χ3v) is 7.09. The number of rotatable bonds is 1. The summed E-state index contributed by atoms with van der Waals surface area (Å²) in [6.07, 6.45) is -0.842. The van der Waals surface area contributed by atoms with Gasteiger partial charge in [0.25, 0.3) is 0 Å². The number of aliphatic imine (C=N–C) groups is 1. The van der Waals surface area contributed by atoms with Gasteiger partial charge in [0.05, 0.1) is 14.4 Å². The van der Waals surface area contributed by atoms with Gasteiger partial charge in [0.1, 0.15) is 17.0 Å². The minimum atomic E-state index is -3.81. The van der Waals surface area contributed by atoms with Crippen LogP contribution in [0, 0.1) is 5.82 Å². The Kier molecular flexibility index (Phi) is 5.24. The number of hydrogen-bond donors (Lipinski definition) is 1. The lowest BCUT2D eigenvalue weighted by Gasteiger charge is -2.35. The molecule has 7 nitrogen and oxygen atoms in total. The monoisotopic (exact) mass is 455 g/mol. The minimum Gasteiger partial charge on any atom is -0.444 e. The van der Waals surface area contributed by atoms with E-state index in [1.165, 1.54) is 20.0 Å². The van der Waals surface area contributed by atoms with Crippen molar-refractivity contribution in [2.75, 3.05) is 12.8 Å². The Morgan fingerprint density at radius 2 is 2.12 bits per heavy atom. The summed E-state index contributed by atoms with van der Waals surface area (Å²) in [4.78, 5) is 16.5. The molecule has 1 unspecified atom stereocenters. The van der Waals surface area contributed by atoms with E-state index in [0.717, 1.165) is 15.6 Å². The summed E-state index contributed by atoms with van der Waals surface area (Å²) in [6.45, 7) is 6.55. The molecular formula is C14H19BrFN3O4S2. The van der Waals surface area contributed by atoms with Gasteiger partial charge in [-0.3, -0.25) is 5.32 Å². The van der Waals surface area contributed by atoms with Crippen LogP contribution in [0.25, 0.3) is 0 Å². The number of amides is 1. The fourth-order valence-electron chi connectivity index (χ4n) is 2.25. The van der Waals surface area contributed by atoms with Crippen LogP contribution < -0.4 is 5.32 Å². The molecule has 0 radical (unpaired) electrons. The highest BCUT2D eigenvalue weighted by molar-refractivity contribution is 9.11. The van der Waals surface area contributed by atoms with Crippen LogP contribution in [0.3, 0.4) is 0 Å². The van der Waals surface area contributed by atoms with Crippen LogP contribution in [0.2, 0.25) is 0 Å². The maximum atomic E-state index is 14.2. The molecule has 0 spiro atoms. The first-order valence-corrected chi connectivity index (χ1v) is 10.5. The van der Waals surface area contributed by atoms with Crippen molar-refractivity contribution in [2.45, 2.75) is 38.8 Å². The van der Waals surface area contributed by atoms with Crippen LogP contribution in [0.5, 0.6) is 0 Å². The van der Waals surface area contributed by atoms with Crippen LogP contribution in [0.4, 0.5) is 9.18 Å². The molecule has 0 saturated heterocycles. The molecule has 1 aromatic heterocycles. The molecule has 0 aromatic carbocycles. The largest absolute Gasteiger partial charge is 0.444 e. The predicted octanol–water partition coefficient (Wildman–Crippen LogP) is 3.02. The Labute approximate surface area is 158 Å². The summed E-state index contributed by atoms with van der Waals surface area (Å²) in [5.41, 5.74) is -2.12. The summed E-state index contributed by atoms with van der Waals surface area (Å²) in [6, 6.07) is 1.26. The molecule has 1 atom stereocenters. The number of hydrogen-bond acceptors (Lipinski definition) is 6. The van der Waals surface area contributed by atoms with E-state index in [1.807, 2.05) is 0 Å². The van der Waals surface area contributed by atoms with Crippen molar-refractivity contribution in [3.8, 4) is 0 Å². The molecular weight excluding hydrogens is 437 g/mol. The lowest BCUT2D eigenvalue weighted by molar-refractivity contribution is 0.0559. The van der Waals surface area contributed by atoms with Gasteiger partial charge < -0.3 is 4.74 Å². The second kappa shape index (κ2) is 6.51. The number of sulfonamides is 1. The van der Waals surface area contributed by atoms with E-state index in [9.17, 15) is 17.6 Å². The average molecular weight is 456 g/mol. The van der Waals surface area contributed by atoms with Gasteiger partial charge in [0, 0.05) is 7.05 Å². The molecule has 140 valence electrons. The Morgan fingerprint density at radius 3 is 2.60 bits per heavy atom. The summed E-state index contributed by atoms with van der Waals surface area (Å²) in [7, 11) is -2.54. The summed E-state index contributed by atoms with van der Waals surface area (Å²) >= 11 is 4.24. The number of carbonyl (C=O) groups is 1. The summed E-state index contributed by atoms with van der Waals surface area (Å²) < 4.78 is 45.7. The molecule has 2 heterocycles. The lowest BCUT2D eigenvalue weighted by atomic mass is 10.0. The van der Waals surface area contributed by atoms with Gasteiger partial charge >= 0.3 is 6.09 Å². The topological polar surface area (TPSA) is 88.1 Å². The van der Waals surface area contributed by atoms with Crippen LogP contribution in [-0.2, 0) is 20.3 Å². The van der Waals surface area contributed by atoms with Crippen LogP contribution >= 0.6 is 27.3 Å². The quantitative estimate of drug-likeness (QED) is 0.704. The molecule has 0 fully saturated rings. The highest BCUT2D eigenvalue weighted by Gasteiger charge is 2.44. The molecule has 0 bridgehead atoms. The number of nitrogens with one attached hydrogen (secondary N) is 1. The molecule has 1 N–H and O–H groups in total. The zero-order chi connectivity index (χ0) is 19.2. The Morgan fingerprint density at radius 1 is 1.52 bits per heavy atom. The van der Waals surface area contributed by atoms with Gasteiger partial charge in [0.15, 0.2) is 0 Å². The number of guanidine groups is 1. The van der Waals surface area contributed by atoms with Crippen molar-refractivity contribution >= 4 is 49.3 Å². The van der Waals surface area contributed by atoms with Crippen LogP contribution in [0.15, 0.2) is 14.8 Å². The third kappa shape index (κ3) is 4.50. The SMILES string of the molecule is CN1C(NC(=O)OC(C)(C)C)=NC(C)(c2sc(Br)cc2F)CS1(=O)=O. The minimum absolute atomic E-state index is 0.166. The van der Waals surface area contributed by atoms with Crippen molar-refractivity contribution in [3.05, 3.63) is 20.5 Å². The average Bonchev–Trinajstić information content (AvgIpc) is 2.72. The van der Waals surface area contributed by atoms with Crippen LogP contribution in [-0.4, -0.2) is 43.2 Å². The lowest BCUT2D eigenvalue weighted by Crippen LogP contribution is -2.54. The van der Waals surface area contributed by atoms with Gasteiger partial charge in [-0.1, -0.05) is 0 Å². The standard InChI is InChI=1S/C14H19BrFN3O4S2/c1-13(2,3)23-12(20)17-11-18-14(4,7-25(21,22)19(11)5)10-8(16)6-9(15)24-10/h6H,7H2,1-5H3,(H,17,18,20). The molecule has 1 aromatic rings. The number of carbonyl (C=O) groups excluding carboxylic acids is 1. The number of ether oxygens (including phenoxy) is 1. The number of alkyl carbamates (subject to hydrolysis) is 1. The fourth-order valence-corrected chi connectivity index (χ4v) is 5.34. The van der Waals surface area contributed by atoms with E-state index in [0.29, 0.717) is 3.79 Å². The Balaban J connectivity index is 2.44. The van der Waals surface area contributed by atoms with Crippen LogP contribution in [0.1, 0.15) is 32.6 Å². The zero-order valence-electron chi connectivity index (χ0n) is 14.4. The van der Waals surface area contributed by atoms with Crippen molar-refractivity contribution in [1.29, 1.82) is 0 Å². The molecule has 0 aliphatic carbocycles. The van der Waals surface area contributed by atoms with E-state index >= 15 is 0 Å². The summed E-state index contributed by atoms with van der Waals surface area (Å²) in [5, 5.41) is 2.34. The first kappa shape index (κ1) is 20.1. The molecule has 2 rings (SSSR count). The third-order valence-electron chi connectivity index (χ3n) is 3.29. The maximum absolute atomic E-state index is 14.2. The van der Waals surface area contributed by atoms with E-state index in [-0.39, 0.29) is 10.8 Å². The number of nitrogens with zero attached hydrogens (tertiary/aromatic N) is 2. The number of halogens is 2. The zero-order valence-corrected chi connectivity index (χ0v) is 17.6. The Bertz CT molecular complexity index is 832. The van der Waals surface area contributed by atoms with Crippen molar-refractivity contribution in [1.82, 2.24) is 9.62 Å². The second-order valence-corrected chi connectivity index (χ2v) is 11.2. The highest BCUT2D eigenvalue weighted by atomic mass is 79.9. The van der Waals surface area contributed by atoms with E-state index in [4.69, 9.17) is 4.74 Å². The number of thiophene rings is 1. The smallest absolute Gasteiger partial charge is 0.414 e.